The Labute approximate surface area is 173 Å². The summed E-state index contributed by atoms with van der Waals surface area (Å²) in [6, 6.07) is 8.00. The molecule has 3 heterocycles. The highest BCUT2D eigenvalue weighted by molar-refractivity contribution is 5.77. The summed E-state index contributed by atoms with van der Waals surface area (Å²) in [6.45, 7) is 6.81. The largest absolute Gasteiger partial charge is 0.339 e. The van der Waals surface area contributed by atoms with Crippen LogP contribution < -0.4 is 16.1 Å². The van der Waals surface area contributed by atoms with Crippen LogP contribution in [0.3, 0.4) is 0 Å². The second-order valence-corrected chi connectivity index (χ2v) is 7.64. The van der Waals surface area contributed by atoms with Gasteiger partial charge in [-0.3, -0.25) is 23.7 Å². The van der Waals surface area contributed by atoms with E-state index < -0.39 is 11.2 Å². The van der Waals surface area contributed by atoms with Crippen LogP contribution in [0.1, 0.15) is 24.5 Å². The average Bonchev–Trinajstić information content (AvgIpc) is 3.13. The summed E-state index contributed by atoms with van der Waals surface area (Å²) in [6.07, 6.45) is 0.489. The molecule has 4 rings (SSSR count). The molecule has 1 aliphatic heterocycles. The minimum Gasteiger partial charge on any atom is -0.339 e. The molecule has 0 saturated carbocycles. The van der Waals surface area contributed by atoms with Crippen molar-refractivity contribution in [2.45, 2.75) is 26.8 Å². The number of piperazine rings is 1. The van der Waals surface area contributed by atoms with Crippen molar-refractivity contribution in [3.05, 3.63) is 56.2 Å². The van der Waals surface area contributed by atoms with Crippen molar-refractivity contribution < 1.29 is 4.79 Å². The van der Waals surface area contributed by atoms with Gasteiger partial charge in [0.25, 0.3) is 5.56 Å². The Morgan fingerprint density at radius 2 is 1.83 bits per heavy atom. The zero-order valence-electron chi connectivity index (χ0n) is 17.5. The highest BCUT2D eigenvalue weighted by Gasteiger charge is 2.26. The fraction of sp³-hybridized carbons (Fsp3) is 0.429. The first kappa shape index (κ1) is 19.9. The molecule has 1 amide bonds. The van der Waals surface area contributed by atoms with Crippen LogP contribution in [0, 0.1) is 6.92 Å². The number of benzene rings is 1. The van der Waals surface area contributed by atoms with E-state index >= 15 is 0 Å². The summed E-state index contributed by atoms with van der Waals surface area (Å²) in [5.41, 5.74) is 2.00. The number of nitrogens with one attached hydrogen (secondary N) is 1. The summed E-state index contributed by atoms with van der Waals surface area (Å²) in [4.78, 5) is 47.9. The molecule has 0 radical (unpaired) electrons. The quantitative estimate of drug-likeness (QED) is 0.688. The number of hydrogen-bond donors (Lipinski definition) is 1. The van der Waals surface area contributed by atoms with Crippen LogP contribution in [0.2, 0.25) is 0 Å². The lowest BCUT2D eigenvalue weighted by Crippen LogP contribution is -2.49. The van der Waals surface area contributed by atoms with Crippen molar-refractivity contribution >= 4 is 23.0 Å². The number of nitrogens with zero attached hydrogens (tertiary/aromatic N) is 5. The molecule has 1 aliphatic rings. The molecule has 0 atom stereocenters. The molecule has 1 fully saturated rings. The van der Waals surface area contributed by atoms with Gasteiger partial charge in [0.1, 0.15) is 0 Å². The Balaban J connectivity index is 1.81. The lowest BCUT2D eigenvalue weighted by atomic mass is 10.1. The molecule has 3 aromatic rings. The number of carbonyl (C=O) groups is 1. The van der Waals surface area contributed by atoms with Crippen molar-refractivity contribution in [1.82, 2.24) is 24.0 Å². The Bertz CT molecular complexity index is 1210. The maximum atomic E-state index is 12.7. The molecule has 0 aliphatic carbocycles. The van der Waals surface area contributed by atoms with Gasteiger partial charge in [-0.15, -0.1) is 0 Å². The molecule has 1 saturated heterocycles. The number of aromatic amines is 1. The monoisotopic (exact) mass is 410 g/mol. The molecular weight excluding hydrogens is 384 g/mol. The van der Waals surface area contributed by atoms with Gasteiger partial charge in [-0.05, 0) is 18.1 Å². The third kappa shape index (κ3) is 3.40. The van der Waals surface area contributed by atoms with Gasteiger partial charge in [0.05, 0.1) is 6.54 Å². The highest BCUT2D eigenvalue weighted by atomic mass is 16.2. The minimum atomic E-state index is -0.488. The molecule has 0 unspecified atom stereocenters. The Kier molecular flexibility index (Phi) is 5.19. The van der Waals surface area contributed by atoms with Gasteiger partial charge in [0, 0.05) is 39.6 Å². The van der Waals surface area contributed by atoms with Crippen LogP contribution in [0.25, 0.3) is 11.2 Å². The number of amides is 1. The first-order valence-electron chi connectivity index (χ1n) is 10.2. The van der Waals surface area contributed by atoms with Crippen LogP contribution >= 0.6 is 0 Å². The van der Waals surface area contributed by atoms with Gasteiger partial charge >= 0.3 is 5.69 Å². The second-order valence-electron chi connectivity index (χ2n) is 7.64. The van der Waals surface area contributed by atoms with E-state index in [2.05, 4.69) is 9.88 Å². The van der Waals surface area contributed by atoms with Gasteiger partial charge in [0.15, 0.2) is 11.2 Å². The summed E-state index contributed by atoms with van der Waals surface area (Å²) in [5.74, 6) is 0.783. The smallest absolute Gasteiger partial charge is 0.329 e. The summed E-state index contributed by atoms with van der Waals surface area (Å²) in [5, 5.41) is 0. The van der Waals surface area contributed by atoms with E-state index in [-0.39, 0.29) is 5.91 Å². The highest BCUT2D eigenvalue weighted by Crippen LogP contribution is 2.23. The van der Waals surface area contributed by atoms with E-state index in [0.29, 0.717) is 56.3 Å². The zero-order valence-corrected chi connectivity index (χ0v) is 17.5. The third-order valence-electron chi connectivity index (χ3n) is 5.79. The lowest BCUT2D eigenvalue weighted by molar-refractivity contribution is -0.131. The number of imidazole rings is 1. The van der Waals surface area contributed by atoms with Crippen LogP contribution in [-0.4, -0.2) is 56.1 Å². The van der Waals surface area contributed by atoms with Crippen molar-refractivity contribution in [2.24, 2.45) is 7.05 Å². The number of carbonyl (C=O) groups excluding carboxylic acids is 1. The van der Waals surface area contributed by atoms with Crippen LogP contribution in [0.4, 0.5) is 5.95 Å². The molecule has 1 aromatic carbocycles. The van der Waals surface area contributed by atoms with Crippen LogP contribution in [0.15, 0.2) is 33.9 Å². The molecule has 1 N–H and O–H groups in total. The van der Waals surface area contributed by atoms with Gasteiger partial charge in [-0.1, -0.05) is 31.2 Å². The van der Waals surface area contributed by atoms with Crippen LogP contribution in [-0.2, 0) is 18.4 Å². The molecule has 9 heteroatoms. The molecule has 0 spiro atoms. The average molecular weight is 410 g/mol. The van der Waals surface area contributed by atoms with Crippen molar-refractivity contribution in [1.29, 1.82) is 0 Å². The molecule has 0 bridgehead atoms. The van der Waals surface area contributed by atoms with E-state index in [1.54, 1.807) is 7.05 Å². The number of hydrogen-bond acceptors (Lipinski definition) is 5. The Hall–Kier alpha value is -3.36. The molecule has 2 aromatic heterocycles. The normalized spacial score (nSPS) is 14.5. The first-order chi connectivity index (χ1) is 14.4. The molecule has 9 nitrogen and oxygen atoms in total. The standard InChI is InChI=1S/C21H26N6O3/c1-4-16(28)25-9-11-26(12-10-25)20-22-18-17(19(29)23-21(30)24(18)3)27(20)13-15-8-6-5-7-14(15)2/h5-8H,4,9-13H2,1-3H3,(H,23,29,30). The van der Waals surface area contributed by atoms with Crippen molar-refractivity contribution in [3.63, 3.8) is 0 Å². The Morgan fingerprint density at radius 3 is 2.50 bits per heavy atom. The van der Waals surface area contributed by atoms with Gasteiger partial charge in [-0.25, -0.2) is 4.79 Å². The zero-order chi connectivity index (χ0) is 21.4. The van der Waals surface area contributed by atoms with E-state index in [9.17, 15) is 14.4 Å². The van der Waals surface area contributed by atoms with Crippen molar-refractivity contribution in [3.8, 4) is 0 Å². The third-order valence-corrected chi connectivity index (χ3v) is 5.79. The minimum absolute atomic E-state index is 0.141. The fourth-order valence-electron chi connectivity index (χ4n) is 3.95. The van der Waals surface area contributed by atoms with E-state index in [1.807, 2.05) is 47.6 Å². The number of anilines is 1. The van der Waals surface area contributed by atoms with Gasteiger partial charge in [-0.2, -0.15) is 4.98 Å². The number of fused-ring (bicyclic) bond motifs is 1. The maximum absolute atomic E-state index is 12.7. The summed E-state index contributed by atoms with van der Waals surface area (Å²) < 4.78 is 3.25. The predicted octanol–water partition coefficient (Wildman–Crippen LogP) is 0.839. The van der Waals surface area contributed by atoms with E-state index in [4.69, 9.17) is 4.98 Å². The van der Waals surface area contributed by atoms with E-state index in [1.165, 1.54) is 4.57 Å². The topological polar surface area (TPSA) is 96.2 Å². The fourth-order valence-corrected chi connectivity index (χ4v) is 3.95. The molecular formula is C21H26N6O3. The lowest BCUT2D eigenvalue weighted by Gasteiger charge is -2.35. The predicted molar refractivity (Wildman–Crippen MR) is 115 cm³/mol. The molecule has 30 heavy (non-hydrogen) atoms. The number of H-pyrrole nitrogens is 1. The first-order valence-corrected chi connectivity index (χ1v) is 10.2. The van der Waals surface area contributed by atoms with Crippen molar-refractivity contribution in [2.75, 3.05) is 31.1 Å². The SMILES string of the molecule is CCC(=O)N1CCN(c2nc3c(c(=O)[nH]c(=O)n3C)n2Cc2ccccc2C)CC1. The number of rotatable bonds is 4. The Morgan fingerprint density at radius 1 is 1.13 bits per heavy atom. The van der Waals surface area contributed by atoms with Gasteiger partial charge < -0.3 is 9.80 Å². The van der Waals surface area contributed by atoms with E-state index in [0.717, 1.165) is 11.1 Å². The number of aromatic nitrogens is 4. The van der Waals surface area contributed by atoms with Crippen LogP contribution in [0.5, 0.6) is 0 Å². The molecule has 158 valence electrons. The second kappa shape index (κ2) is 7.81. The van der Waals surface area contributed by atoms with Gasteiger partial charge in [0.2, 0.25) is 11.9 Å². The summed E-state index contributed by atoms with van der Waals surface area (Å²) in [7, 11) is 1.60. The number of aryl methyl sites for hydroxylation is 2. The maximum Gasteiger partial charge on any atom is 0.329 e. The summed E-state index contributed by atoms with van der Waals surface area (Å²) >= 11 is 0.